The van der Waals surface area contributed by atoms with Crippen molar-refractivity contribution in [3.8, 4) is 0 Å². The molecule has 0 heterocycles. The Hall–Kier alpha value is -2.11. The molecule has 0 saturated carbocycles. The molecule has 0 aromatic heterocycles. The van der Waals surface area contributed by atoms with Gasteiger partial charge >= 0.3 is 0 Å². The molecule has 0 fully saturated rings. The van der Waals surface area contributed by atoms with E-state index in [1.54, 1.807) is 0 Å². The Kier molecular flexibility index (Phi) is 7.56. The van der Waals surface area contributed by atoms with Gasteiger partial charge < -0.3 is 10.4 Å². The predicted octanol–water partition coefficient (Wildman–Crippen LogP) is -1.63. The number of quaternary nitrogens is 1. The highest BCUT2D eigenvalue weighted by Gasteiger charge is 2.33. The first-order chi connectivity index (χ1) is 10.1. The normalized spacial score (nSPS) is 13.5. The first-order valence-corrected chi connectivity index (χ1v) is 5.49. The van der Waals surface area contributed by atoms with Gasteiger partial charge in [-0.25, -0.2) is 15.7 Å². The summed E-state index contributed by atoms with van der Waals surface area (Å²) in [7, 11) is 5.22. The molecule has 15 nitrogen and oxygen atoms in total. The van der Waals surface area contributed by atoms with Gasteiger partial charge in [-0.15, -0.1) is 10.6 Å². The molecule has 1 unspecified atom stereocenters. The number of hydrazine groups is 2. The van der Waals surface area contributed by atoms with Crippen LogP contribution in [0.3, 0.4) is 0 Å². The van der Waals surface area contributed by atoms with Crippen LogP contribution in [0.25, 0.3) is 11.0 Å². The summed E-state index contributed by atoms with van der Waals surface area (Å²) < 4.78 is 0. The maximum atomic E-state index is 11.5. The summed E-state index contributed by atoms with van der Waals surface area (Å²) in [6.07, 6.45) is 0. The molecule has 0 aliphatic carbocycles. The summed E-state index contributed by atoms with van der Waals surface area (Å²) in [4.78, 5) is 9.79. The highest BCUT2D eigenvalue weighted by atomic mass is 17.1. The largest absolute Gasteiger partial charge is 0.806 e. The molecule has 0 rings (SSSR count). The molecule has 22 heavy (non-hydrogen) atoms. The molecule has 0 aliphatic heterocycles. The second-order valence-electron chi connectivity index (χ2n) is 3.72. The number of rotatable bonds is 11. The van der Waals surface area contributed by atoms with Crippen LogP contribution in [0, 0.1) is 10.4 Å². The van der Waals surface area contributed by atoms with Crippen molar-refractivity contribution in [1.29, 1.82) is 0 Å². The van der Waals surface area contributed by atoms with E-state index in [2.05, 4.69) is 36.2 Å². The Morgan fingerprint density at radius 3 is 1.91 bits per heavy atom. The molecule has 128 valence electrons. The fourth-order valence-corrected chi connectivity index (χ4v) is 0.790. The van der Waals surface area contributed by atoms with Crippen LogP contribution < -0.4 is 5.84 Å². The molecule has 0 amide bonds. The second kappa shape index (κ2) is 8.36. The number of hydrogen-bond donors (Lipinski definition) is 1. The second-order valence-corrected chi connectivity index (χ2v) is 3.72. The van der Waals surface area contributed by atoms with Crippen molar-refractivity contribution in [3.63, 3.8) is 0 Å². The minimum atomic E-state index is -0.829. The van der Waals surface area contributed by atoms with Crippen molar-refractivity contribution >= 4 is 20.2 Å². The van der Waals surface area contributed by atoms with Crippen LogP contribution in [-0.2, 0) is 9.88 Å². The summed E-state index contributed by atoms with van der Waals surface area (Å²) in [5.74, 6) is 5.85. The third kappa shape index (κ3) is 5.35. The van der Waals surface area contributed by atoms with Gasteiger partial charge in [0, 0.05) is 10.3 Å². The van der Waals surface area contributed by atoms with Gasteiger partial charge in [-0.1, -0.05) is 15.4 Å². The maximum absolute atomic E-state index is 11.5. The van der Waals surface area contributed by atoms with Crippen molar-refractivity contribution in [2.75, 3.05) is 28.2 Å². The Bertz CT molecular complexity index is 404. The van der Waals surface area contributed by atoms with E-state index in [0.29, 0.717) is 9.59 Å². The summed E-state index contributed by atoms with van der Waals surface area (Å²) in [5.41, 5.74) is 6.66. The van der Waals surface area contributed by atoms with Crippen LogP contribution >= 0.6 is 0 Å². The lowest BCUT2D eigenvalue weighted by molar-refractivity contribution is -1.19. The van der Waals surface area contributed by atoms with E-state index in [1.165, 1.54) is 28.2 Å². The number of nitrogens with zero attached hydrogens (tertiary/aromatic N) is 10. The quantitative estimate of drug-likeness (QED) is 0.155. The summed E-state index contributed by atoms with van der Waals surface area (Å²) in [6.45, 7) is 9.52. The van der Waals surface area contributed by atoms with Crippen LogP contribution in [0.4, 0.5) is 0 Å². The molecule has 0 aromatic rings. The smallest absolute Gasteiger partial charge is 0.154 e. The van der Waals surface area contributed by atoms with E-state index in [9.17, 15) is 10.4 Å². The number of hydrogen-bond acceptors (Lipinski definition) is 10. The monoisotopic (exact) mass is 322 g/mol. The predicted molar refractivity (Wildman–Crippen MR) is 75.4 cm³/mol. The average Bonchev–Trinajstić information content (AvgIpc) is 2.45. The molecule has 0 aromatic carbocycles. The highest BCUT2D eigenvalue weighted by molar-refractivity contribution is 5.24. The SMILES string of the molecule is C=N[N-][N+](=C)N([O-])ON(C)[N+](C)(N)N(C)ON([O-])[N+](=C)[N-]C. The van der Waals surface area contributed by atoms with E-state index in [-0.39, 0.29) is 10.7 Å². The van der Waals surface area contributed by atoms with E-state index in [1.807, 2.05) is 0 Å². The first kappa shape index (κ1) is 19.9. The zero-order valence-electron chi connectivity index (χ0n) is 12.8. The molecule has 1 atom stereocenters. The molecule has 0 radical (unpaired) electrons. The minimum absolute atomic E-state index is 0.0587. The average molecular weight is 322 g/mol. The number of hydroxylamine groups is 2. The maximum Gasteiger partial charge on any atom is 0.154 e. The summed E-state index contributed by atoms with van der Waals surface area (Å²) in [6, 6.07) is 0. The Morgan fingerprint density at radius 2 is 1.55 bits per heavy atom. The Labute approximate surface area is 127 Å². The molecule has 2 N–H and O–H groups in total. The zero-order valence-corrected chi connectivity index (χ0v) is 12.8. The fraction of sp³-hybridized carbons (Fsp3) is 0.571. The van der Waals surface area contributed by atoms with Crippen molar-refractivity contribution < 1.29 is 24.3 Å². The molecule has 0 spiro atoms. The number of hydrazone groups is 2. The van der Waals surface area contributed by atoms with E-state index >= 15 is 0 Å². The van der Waals surface area contributed by atoms with Crippen LogP contribution in [0.5, 0.6) is 0 Å². The van der Waals surface area contributed by atoms with Crippen molar-refractivity contribution in [2.45, 2.75) is 0 Å². The van der Waals surface area contributed by atoms with Gasteiger partial charge in [0.15, 0.2) is 6.72 Å². The summed E-state index contributed by atoms with van der Waals surface area (Å²) in [5, 5.41) is 27.5. The van der Waals surface area contributed by atoms with Gasteiger partial charge in [0.25, 0.3) is 0 Å². The van der Waals surface area contributed by atoms with Crippen molar-refractivity contribution in [1.82, 2.24) is 21.0 Å². The van der Waals surface area contributed by atoms with Gasteiger partial charge in [0.2, 0.25) is 0 Å². The van der Waals surface area contributed by atoms with E-state index < -0.39 is 4.81 Å². The molecular formula is C7H20N11O4-. The third-order valence-corrected chi connectivity index (χ3v) is 2.29. The molecule has 15 heteroatoms. The lowest BCUT2D eigenvalue weighted by Crippen LogP contribution is -2.70. The van der Waals surface area contributed by atoms with Crippen LogP contribution in [0.15, 0.2) is 5.10 Å². The summed E-state index contributed by atoms with van der Waals surface area (Å²) >= 11 is 0. The van der Waals surface area contributed by atoms with Gasteiger partial charge in [-0.3, -0.25) is 5.34 Å². The third-order valence-electron chi connectivity index (χ3n) is 2.29. The standard InChI is InChI=1S/C7H20N11O4/c1-9-11-13(4)17(20)22-15(6)18(7,8)14(5)21-16(19)12(3)10-2/h1,3-4,8H2,2,5-7H3/q-1. The highest BCUT2D eigenvalue weighted by Crippen LogP contribution is 2.09. The van der Waals surface area contributed by atoms with Crippen molar-refractivity contribution in [2.24, 2.45) is 10.9 Å². The minimum Gasteiger partial charge on any atom is -0.806 e. The lowest BCUT2D eigenvalue weighted by Gasteiger charge is -2.46. The van der Waals surface area contributed by atoms with E-state index in [4.69, 9.17) is 15.7 Å². The Morgan fingerprint density at radius 1 is 1.14 bits per heavy atom. The van der Waals surface area contributed by atoms with Crippen LogP contribution in [0.2, 0.25) is 0 Å². The van der Waals surface area contributed by atoms with Gasteiger partial charge in [0.1, 0.15) is 13.8 Å². The first-order valence-electron chi connectivity index (χ1n) is 5.49. The van der Waals surface area contributed by atoms with Crippen molar-refractivity contribution in [3.05, 3.63) is 21.4 Å². The van der Waals surface area contributed by atoms with Crippen LogP contribution in [-0.4, -0.2) is 83.8 Å². The topological polar surface area (TPSA) is 150 Å². The molecule has 0 bridgehead atoms. The zero-order chi connectivity index (χ0) is 17.5. The van der Waals surface area contributed by atoms with Crippen LogP contribution in [0.1, 0.15) is 0 Å². The fourth-order valence-electron chi connectivity index (χ4n) is 0.790. The van der Waals surface area contributed by atoms with Gasteiger partial charge in [-0.05, 0) is 7.05 Å². The number of nitrogens with two attached hydrogens (primary N) is 1. The van der Waals surface area contributed by atoms with E-state index in [0.717, 1.165) is 10.3 Å². The molecule has 0 saturated heterocycles. The molecular weight excluding hydrogens is 302 g/mol. The molecule has 0 aliphatic rings. The Balaban J connectivity index is 4.72. The van der Waals surface area contributed by atoms with Gasteiger partial charge in [-0.2, -0.15) is 9.73 Å². The lowest BCUT2D eigenvalue weighted by atomic mass is 11.1. The van der Waals surface area contributed by atoms with Gasteiger partial charge in [0.05, 0.1) is 20.8 Å².